The van der Waals surface area contributed by atoms with Crippen LogP contribution in [0.1, 0.15) is 18.3 Å². The Morgan fingerprint density at radius 1 is 1.50 bits per heavy atom. The van der Waals surface area contributed by atoms with Crippen LogP contribution in [0.2, 0.25) is 0 Å². The normalized spacial score (nSPS) is 12.2. The number of rotatable bonds is 6. The van der Waals surface area contributed by atoms with Gasteiger partial charge in [-0.15, -0.1) is 0 Å². The number of aryl methyl sites for hydroxylation is 2. The van der Waals surface area contributed by atoms with Crippen molar-refractivity contribution in [2.24, 2.45) is 7.05 Å². The molecule has 1 aromatic heterocycles. The van der Waals surface area contributed by atoms with Crippen LogP contribution in [0.4, 0.5) is 13.2 Å². The molecule has 114 valence electrons. The summed E-state index contributed by atoms with van der Waals surface area (Å²) in [5.41, 5.74) is 1.25. The molecule has 0 amide bonds. The molecular weight excluding hydrogens is 343 g/mol. The highest BCUT2D eigenvalue weighted by Crippen LogP contribution is 2.24. The summed E-state index contributed by atoms with van der Waals surface area (Å²) in [7, 11) is 1.62. The van der Waals surface area contributed by atoms with Crippen molar-refractivity contribution in [1.29, 1.82) is 0 Å². The van der Waals surface area contributed by atoms with Crippen LogP contribution >= 0.6 is 15.9 Å². The topological polar surface area (TPSA) is 58.4 Å². The van der Waals surface area contributed by atoms with Gasteiger partial charge in [-0.05, 0) is 22.4 Å². The highest BCUT2D eigenvalue weighted by Gasteiger charge is 2.32. The predicted octanol–water partition coefficient (Wildman–Crippen LogP) is 2.19. The Kier molecular flexibility index (Phi) is 5.58. The van der Waals surface area contributed by atoms with Gasteiger partial charge in [0.25, 0.3) is 0 Å². The van der Waals surface area contributed by atoms with Crippen LogP contribution in [-0.2, 0) is 24.8 Å². The number of halogens is 4. The van der Waals surface area contributed by atoms with E-state index in [4.69, 9.17) is 5.11 Å². The summed E-state index contributed by atoms with van der Waals surface area (Å²) in [6, 6.07) is 0. The van der Waals surface area contributed by atoms with Gasteiger partial charge in [0, 0.05) is 13.6 Å². The fourth-order valence-electron chi connectivity index (χ4n) is 1.82. The number of carbonyl (C=O) groups is 1. The summed E-state index contributed by atoms with van der Waals surface area (Å²) < 4.78 is 39.5. The van der Waals surface area contributed by atoms with E-state index < -0.39 is 25.2 Å². The van der Waals surface area contributed by atoms with Gasteiger partial charge in [-0.1, -0.05) is 6.92 Å². The van der Waals surface area contributed by atoms with Crippen molar-refractivity contribution < 1.29 is 23.1 Å². The molecule has 20 heavy (non-hydrogen) atoms. The van der Waals surface area contributed by atoms with Gasteiger partial charge in [-0.25, -0.2) is 0 Å². The molecule has 1 rings (SSSR count). The van der Waals surface area contributed by atoms with Crippen molar-refractivity contribution in [3.8, 4) is 0 Å². The number of carboxylic acid groups (broad SMARTS) is 1. The minimum atomic E-state index is -4.45. The van der Waals surface area contributed by atoms with Crippen LogP contribution in [0.5, 0.6) is 0 Å². The molecule has 0 aliphatic rings. The number of nitrogens with zero attached hydrogens (tertiary/aromatic N) is 3. The smallest absolute Gasteiger partial charge is 0.401 e. The van der Waals surface area contributed by atoms with Crippen LogP contribution < -0.4 is 0 Å². The van der Waals surface area contributed by atoms with E-state index in [1.807, 2.05) is 6.92 Å². The Morgan fingerprint density at radius 3 is 2.50 bits per heavy atom. The van der Waals surface area contributed by atoms with Gasteiger partial charge in [-0.2, -0.15) is 18.3 Å². The van der Waals surface area contributed by atoms with Gasteiger partial charge in [0.05, 0.1) is 29.0 Å². The minimum Gasteiger partial charge on any atom is -0.480 e. The molecule has 1 heterocycles. The molecule has 0 bridgehead atoms. The molecule has 0 unspecified atom stereocenters. The molecule has 1 aromatic rings. The second kappa shape index (κ2) is 6.57. The van der Waals surface area contributed by atoms with Gasteiger partial charge in [0.2, 0.25) is 0 Å². The Morgan fingerprint density at radius 2 is 2.10 bits per heavy atom. The van der Waals surface area contributed by atoms with Gasteiger partial charge in [0.15, 0.2) is 0 Å². The molecule has 0 aliphatic heterocycles. The van der Waals surface area contributed by atoms with Gasteiger partial charge < -0.3 is 5.11 Å². The second-order valence-electron chi connectivity index (χ2n) is 4.34. The van der Waals surface area contributed by atoms with Crippen molar-refractivity contribution in [2.45, 2.75) is 26.1 Å². The maximum absolute atomic E-state index is 12.5. The first kappa shape index (κ1) is 17.0. The fourth-order valence-corrected chi connectivity index (χ4v) is 2.56. The van der Waals surface area contributed by atoms with Crippen LogP contribution in [0, 0.1) is 0 Å². The summed E-state index contributed by atoms with van der Waals surface area (Å²) in [4.78, 5) is 11.5. The lowest BCUT2D eigenvalue weighted by atomic mass is 10.3. The third kappa shape index (κ3) is 4.78. The summed E-state index contributed by atoms with van der Waals surface area (Å²) in [5, 5.41) is 12.9. The van der Waals surface area contributed by atoms with E-state index in [1.165, 1.54) is 4.68 Å². The quantitative estimate of drug-likeness (QED) is 0.847. The molecule has 0 spiro atoms. The van der Waals surface area contributed by atoms with Crippen LogP contribution in [0.3, 0.4) is 0 Å². The zero-order chi connectivity index (χ0) is 15.5. The highest BCUT2D eigenvalue weighted by molar-refractivity contribution is 9.10. The summed E-state index contributed by atoms with van der Waals surface area (Å²) in [6.45, 7) is -0.228. The maximum atomic E-state index is 12.5. The molecule has 0 radical (unpaired) electrons. The third-order valence-corrected chi connectivity index (χ3v) is 3.55. The third-order valence-electron chi connectivity index (χ3n) is 2.64. The van der Waals surface area contributed by atoms with Gasteiger partial charge >= 0.3 is 12.1 Å². The van der Waals surface area contributed by atoms with Crippen LogP contribution in [0.25, 0.3) is 0 Å². The Bertz CT molecular complexity index is 488. The average molecular weight is 358 g/mol. The molecule has 0 aromatic carbocycles. The Hall–Kier alpha value is -1.09. The lowest BCUT2D eigenvalue weighted by molar-refractivity contribution is -0.155. The van der Waals surface area contributed by atoms with Gasteiger partial charge in [-0.3, -0.25) is 14.4 Å². The van der Waals surface area contributed by atoms with Crippen molar-refractivity contribution >= 4 is 21.9 Å². The van der Waals surface area contributed by atoms with Crippen molar-refractivity contribution in [3.63, 3.8) is 0 Å². The summed E-state index contributed by atoms with van der Waals surface area (Å²) >= 11 is 3.30. The van der Waals surface area contributed by atoms with E-state index in [0.717, 1.165) is 10.6 Å². The maximum Gasteiger partial charge on any atom is 0.401 e. The van der Waals surface area contributed by atoms with Crippen molar-refractivity contribution in [1.82, 2.24) is 14.7 Å². The van der Waals surface area contributed by atoms with Crippen molar-refractivity contribution in [3.05, 3.63) is 15.9 Å². The fraction of sp³-hybridized carbons (Fsp3) is 0.636. The molecule has 0 saturated heterocycles. The number of aromatic nitrogens is 2. The molecule has 5 nitrogen and oxygen atoms in total. The standard InChI is InChI=1S/C11H15BrF3N3O2/c1-3-7-10(12)8(17(2)16-7)4-18(5-9(19)20)6-11(13,14)15/h3-6H2,1-2H3,(H,19,20). The van der Waals surface area contributed by atoms with Gasteiger partial charge in [0.1, 0.15) is 0 Å². The van der Waals surface area contributed by atoms with Crippen LogP contribution in [0.15, 0.2) is 4.47 Å². The SMILES string of the molecule is CCc1nn(C)c(CN(CC(=O)O)CC(F)(F)F)c1Br. The number of alkyl halides is 3. The largest absolute Gasteiger partial charge is 0.480 e. The number of carboxylic acids is 1. The van der Waals surface area contributed by atoms with E-state index in [9.17, 15) is 18.0 Å². The minimum absolute atomic E-state index is 0.143. The Labute approximate surface area is 122 Å². The molecule has 0 fully saturated rings. The lowest BCUT2D eigenvalue weighted by Crippen LogP contribution is -2.37. The molecule has 0 aliphatic carbocycles. The second-order valence-corrected chi connectivity index (χ2v) is 5.13. The first-order valence-corrected chi connectivity index (χ1v) is 6.64. The monoisotopic (exact) mass is 357 g/mol. The summed E-state index contributed by atoms with van der Waals surface area (Å²) in [6.07, 6.45) is -3.82. The number of hydrogen-bond donors (Lipinski definition) is 1. The zero-order valence-corrected chi connectivity index (χ0v) is 12.6. The average Bonchev–Trinajstić information content (AvgIpc) is 2.53. The first-order valence-electron chi connectivity index (χ1n) is 5.85. The zero-order valence-electron chi connectivity index (χ0n) is 11.0. The summed E-state index contributed by atoms with van der Waals surface area (Å²) in [5.74, 6) is -1.30. The van der Waals surface area contributed by atoms with E-state index in [0.29, 0.717) is 16.6 Å². The first-order chi connectivity index (χ1) is 9.14. The molecule has 1 N–H and O–H groups in total. The van der Waals surface area contributed by atoms with Crippen LogP contribution in [-0.4, -0.2) is 45.0 Å². The number of hydrogen-bond acceptors (Lipinski definition) is 3. The molecular formula is C11H15BrF3N3O2. The molecule has 9 heteroatoms. The molecule has 0 saturated carbocycles. The van der Waals surface area contributed by atoms with E-state index in [2.05, 4.69) is 21.0 Å². The van der Waals surface area contributed by atoms with Crippen molar-refractivity contribution in [2.75, 3.05) is 13.1 Å². The van der Waals surface area contributed by atoms with E-state index in [-0.39, 0.29) is 6.54 Å². The Balaban J connectivity index is 2.94. The van der Waals surface area contributed by atoms with E-state index >= 15 is 0 Å². The highest BCUT2D eigenvalue weighted by atomic mass is 79.9. The molecule has 0 atom stereocenters. The lowest BCUT2D eigenvalue weighted by Gasteiger charge is -2.21. The predicted molar refractivity (Wildman–Crippen MR) is 69.3 cm³/mol. The van der Waals surface area contributed by atoms with E-state index in [1.54, 1.807) is 7.05 Å². The number of aliphatic carboxylic acids is 1.